The van der Waals surface area contributed by atoms with Crippen LogP contribution in [-0.4, -0.2) is 24.7 Å². The molecule has 4 saturated carbocycles. The van der Waals surface area contributed by atoms with Crippen molar-refractivity contribution in [3.63, 3.8) is 0 Å². The summed E-state index contributed by atoms with van der Waals surface area (Å²) in [5.41, 5.74) is 4.09. The molecule has 9 unspecified atom stereocenters. The number of alkyl halides is 3. The van der Waals surface area contributed by atoms with Crippen molar-refractivity contribution in [1.82, 2.24) is 0 Å². The van der Waals surface area contributed by atoms with E-state index in [-0.39, 0.29) is 23.7 Å². The van der Waals surface area contributed by atoms with Crippen LogP contribution < -0.4 is 5.73 Å². The monoisotopic (exact) mass is 452 g/mol. The quantitative estimate of drug-likeness (QED) is 0.469. The van der Waals surface area contributed by atoms with Gasteiger partial charge in [0.05, 0.1) is 12.1 Å². The Morgan fingerprint density at radius 1 is 1.12 bits per heavy atom. The summed E-state index contributed by atoms with van der Waals surface area (Å²) in [4.78, 5) is 17.1. The van der Waals surface area contributed by atoms with Gasteiger partial charge in [0.25, 0.3) is 0 Å². The number of carbonyl (C=O) groups excluding carboxylic acids is 1. The summed E-state index contributed by atoms with van der Waals surface area (Å²) in [5, 5.41) is 0. The number of Topliss-reactive ketones (excluding diaryl/α,β-unsaturated/α-hetero) is 1. The smallest absolute Gasteiger partial charge is 0.404 e. The Morgan fingerprint density at radius 2 is 1.88 bits per heavy atom. The van der Waals surface area contributed by atoms with Gasteiger partial charge >= 0.3 is 6.18 Å². The molecule has 4 aliphatic carbocycles. The number of fused-ring (bicyclic) bond motifs is 5. The normalized spacial score (nSPS) is 43.6. The molecule has 2 N–H and O–H groups in total. The van der Waals surface area contributed by atoms with Gasteiger partial charge < -0.3 is 5.73 Å². The number of aliphatic imine (C=N–C) groups is 1. The van der Waals surface area contributed by atoms with Gasteiger partial charge in [-0.1, -0.05) is 40.0 Å². The van der Waals surface area contributed by atoms with Crippen molar-refractivity contribution in [2.24, 2.45) is 63.5 Å². The molecule has 0 aromatic heterocycles. The average Bonchev–Trinajstić information content (AvgIpc) is 3.44. The van der Waals surface area contributed by atoms with Crippen molar-refractivity contribution in [2.75, 3.05) is 6.54 Å². The molecule has 6 heteroatoms. The maximum absolute atomic E-state index is 13.2. The Hall–Kier alpha value is -1.33. The highest BCUT2D eigenvalue weighted by atomic mass is 19.4. The van der Waals surface area contributed by atoms with E-state index in [1.165, 1.54) is 38.5 Å². The van der Waals surface area contributed by atoms with Crippen LogP contribution in [0.2, 0.25) is 0 Å². The van der Waals surface area contributed by atoms with Gasteiger partial charge in [0.2, 0.25) is 0 Å². The van der Waals surface area contributed by atoms with Gasteiger partial charge in [-0.3, -0.25) is 9.79 Å². The van der Waals surface area contributed by atoms with E-state index in [1.54, 1.807) is 0 Å². The van der Waals surface area contributed by atoms with E-state index in [1.807, 2.05) is 0 Å². The molecule has 0 aromatic rings. The predicted octanol–water partition coefficient (Wildman–Crippen LogP) is 6.18. The van der Waals surface area contributed by atoms with Crippen molar-refractivity contribution in [3.8, 4) is 0 Å². The first-order valence-electron chi connectivity index (χ1n) is 12.7. The van der Waals surface area contributed by atoms with Gasteiger partial charge in [-0.15, -0.1) is 0 Å². The van der Waals surface area contributed by atoms with Crippen molar-refractivity contribution in [3.05, 3.63) is 11.8 Å². The van der Waals surface area contributed by atoms with E-state index in [9.17, 15) is 18.0 Å². The van der Waals surface area contributed by atoms with Crippen molar-refractivity contribution < 1.29 is 18.0 Å². The summed E-state index contributed by atoms with van der Waals surface area (Å²) >= 11 is 0. The Kier molecular flexibility index (Phi) is 6.54. The first-order valence-corrected chi connectivity index (χ1v) is 12.7. The van der Waals surface area contributed by atoms with Gasteiger partial charge in [0, 0.05) is 18.3 Å². The molecule has 0 heterocycles. The maximum Gasteiger partial charge on any atom is 0.419 e. The second-order valence-corrected chi connectivity index (χ2v) is 11.2. The third-order valence-corrected chi connectivity index (χ3v) is 9.78. The molecule has 0 bridgehead atoms. The van der Waals surface area contributed by atoms with Crippen LogP contribution >= 0.6 is 0 Å². The van der Waals surface area contributed by atoms with Crippen LogP contribution in [0.4, 0.5) is 13.2 Å². The molecule has 0 saturated heterocycles. The zero-order chi connectivity index (χ0) is 23.3. The number of hydrogen-bond acceptors (Lipinski definition) is 3. The van der Waals surface area contributed by atoms with Gasteiger partial charge in [-0.05, 0) is 78.9 Å². The van der Waals surface area contributed by atoms with Crippen molar-refractivity contribution >= 4 is 12.0 Å². The fourth-order valence-corrected chi connectivity index (χ4v) is 8.64. The number of nitrogens with two attached hydrogens (primary N) is 1. The lowest BCUT2D eigenvalue weighted by molar-refractivity contribution is -0.131. The highest BCUT2D eigenvalue weighted by Gasteiger charge is 2.70. The van der Waals surface area contributed by atoms with E-state index >= 15 is 0 Å². The molecule has 0 radical (unpaired) electrons. The number of carbonyl (C=O) groups is 1. The lowest BCUT2D eigenvalue weighted by Crippen LogP contribution is -2.50. The topological polar surface area (TPSA) is 55.5 Å². The summed E-state index contributed by atoms with van der Waals surface area (Å²) in [6.45, 7) is 6.78. The summed E-state index contributed by atoms with van der Waals surface area (Å²) in [5.74, 6) is 4.86. The lowest BCUT2D eigenvalue weighted by Gasteiger charge is -2.55. The zero-order valence-electron chi connectivity index (χ0n) is 19.7. The van der Waals surface area contributed by atoms with Gasteiger partial charge in [0.15, 0.2) is 5.78 Å². The molecule has 0 spiro atoms. The number of nitrogens with zero attached hydrogens (tertiary/aromatic N) is 1. The Morgan fingerprint density at radius 3 is 2.50 bits per heavy atom. The zero-order valence-corrected chi connectivity index (χ0v) is 19.7. The van der Waals surface area contributed by atoms with E-state index in [0.717, 1.165) is 42.7 Å². The Balaban J connectivity index is 1.49. The fraction of sp³-hybridized carbons (Fsp3) is 0.846. The van der Waals surface area contributed by atoms with E-state index in [0.29, 0.717) is 24.0 Å². The van der Waals surface area contributed by atoms with Crippen LogP contribution in [-0.2, 0) is 4.79 Å². The molecule has 32 heavy (non-hydrogen) atoms. The molecule has 3 nitrogen and oxygen atoms in total. The van der Waals surface area contributed by atoms with E-state index < -0.39 is 11.7 Å². The average molecular weight is 453 g/mol. The number of hydrogen-bond donors (Lipinski definition) is 1. The predicted molar refractivity (Wildman–Crippen MR) is 121 cm³/mol. The van der Waals surface area contributed by atoms with E-state index in [4.69, 9.17) is 5.73 Å². The van der Waals surface area contributed by atoms with E-state index in [2.05, 4.69) is 25.8 Å². The minimum atomic E-state index is -4.54. The van der Waals surface area contributed by atoms with Crippen molar-refractivity contribution in [2.45, 2.75) is 78.3 Å². The molecule has 9 atom stereocenters. The van der Waals surface area contributed by atoms with Crippen LogP contribution in [0.15, 0.2) is 16.8 Å². The highest BCUT2D eigenvalue weighted by molar-refractivity contribution is 5.88. The van der Waals surface area contributed by atoms with Gasteiger partial charge in [-0.25, -0.2) is 0 Å². The van der Waals surface area contributed by atoms with Gasteiger partial charge in [-0.2, -0.15) is 13.2 Å². The Bertz CT molecular complexity index is 776. The second-order valence-electron chi connectivity index (χ2n) is 11.2. The number of halogens is 3. The standard InChI is InChI=1S/C26H39F3N2O/c1-4-6-17-15(5-2)7-8-19-18(17)9-10-25(3)23(19)20-11-21(20)24(25)22(32)14-31-13-16(12-30)26(27,28)29/h12-13,15,17-21,23-24H,4-11,14,30H2,1-3H3. The molecular weight excluding hydrogens is 413 g/mol. The summed E-state index contributed by atoms with van der Waals surface area (Å²) in [6.07, 6.45) is 6.56. The lowest BCUT2D eigenvalue weighted by atomic mass is 9.49. The van der Waals surface area contributed by atoms with Crippen LogP contribution in [0, 0.1) is 52.8 Å². The summed E-state index contributed by atoms with van der Waals surface area (Å²) in [7, 11) is 0. The molecule has 0 aliphatic heterocycles. The van der Waals surface area contributed by atoms with Crippen molar-refractivity contribution in [1.29, 1.82) is 0 Å². The SMILES string of the molecule is CCCC1C(CC)CCC2C1CCC1(C)C(C(=O)CN=CC(=CN)C(F)(F)F)C3CC3C21. The van der Waals surface area contributed by atoms with Crippen LogP contribution in [0.5, 0.6) is 0 Å². The van der Waals surface area contributed by atoms with Crippen LogP contribution in [0.1, 0.15) is 72.1 Å². The fourth-order valence-electron chi connectivity index (χ4n) is 8.64. The number of allylic oxidation sites excluding steroid dienone is 1. The first-order chi connectivity index (χ1) is 15.2. The number of rotatable bonds is 7. The number of ketones is 1. The maximum atomic E-state index is 13.2. The molecule has 0 aromatic carbocycles. The summed E-state index contributed by atoms with van der Waals surface area (Å²) < 4.78 is 38.6. The van der Waals surface area contributed by atoms with Crippen LogP contribution in [0.25, 0.3) is 0 Å². The third kappa shape index (κ3) is 3.94. The molecular formula is C26H39F3N2O. The largest absolute Gasteiger partial charge is 0.419 e. The molecule has 4 aliphatic rings. The third-order valence-electron chi connectivity index (χ3n) is 9.78. The van der Waals surface area contributed by atoms with Gasteiger partial charge in [0.1, 0.15) is 0 Å². The second kappa shape index (κ2) is 8.79. The minimum Gasteiger partial charge on any atom is -0.404 e. The first kappa shape index (κ1) is 23.8. The minimum absolute atomic E-state index is 0.00622. The van der Waals surface area contributed by atoms with Crippen LogP contribution in [0.3, 0.4) is 0 Å². The molecule has 180 valence electrons. The molecule has 0 amide bonds. The highest BCUT2D eigenvalue weighted by Crippen LogP contribution is 2.74. The molecule has 4 fully saturated rings. The summed E-state index contributed by atoms with van der Waals surface area (Å²) in [6, 6.07) is 0. The molecule has 4 rings (SSSR count). The Labute approximate surface area is 190 Å².